The van der Waals surface area contributed by atoms with Crippen LogP contribution in [0.25, 0.3) is 0 Å². The maximum absolute atomic E-state index is 14.5. The first-order valence-electron chi connectivity index (χ1n) is 11.9. The Morgan fingerprint density at radius 1 is 0.946 bits per heavy atom. The highest BCUT2D eigenvalue weighted by molar-refractivity contribution is 7.92. The van der Waals surface area contributed by atoms with Crippen molar-refractivity contribution in [3.8, 4) is 0 Å². The Morgan fingerprint density at radius 3 is 2.19 bits per heavy atom. The van der Waals surface area contributed by atoms with Gasteiger partial charge in [-0.2, -0.15) is 0 Å². The molecule has 1 N–H and O–H groups in total. The average molecular weight is 526 g/mol. The van der Waals surface area contributed by atoms with E-state index >= 15 is 0 Å². The van der Waals surface area contributed by atoms with Gasteiger partial charge in [-0.15, -0.1) is 0 Å². The summed E-state index contributed by atoms with van der Waals surface area (Å²) in [4.78, 5) is 27.5. The van der Waals surface area contributed by atoms with Gasteiger partial charge in [0.05, 0.1) is 10.6 Å². The van der Waals surface area contributed by atoms with Gasteiger partial charge < -0.3 is 10.2 Å². The van der Waals surface area contributed by atoms with E-state index in [1.54, 1.807) is 37.3 Å². The molecule has 0 saturated heterocycles. The molecule has 0 radical (unpaired) electrons. The van der Waals surface area contributed by atoms with Gasteiger partial charge >= 0.3 is 0 Å². The second kappa shape index (κ2) is 11.6. The van der Waals surface area contributed by atoms with Crippen molar-refractivity contribution in [2.75, 3.05) is 17.9 Å². The van der Waals surface area contributed by atoms with E-state index in [0.29, 0.717) is 11.3 Å². The van der Waals surface area contributed by atoms with E-state index in [9.17, 15) is 22.4 Å². The van der Waals surface area contributed by atoms with Crippen molar-refractivity contribution in [3.63, 3.8) is 0 Å². The fourth-order valence-electron chi connectivity index (χ4n) is 3.94. The summed E-state index contributed by atoms with van der Waals surface area (Å²) < 4.78 is 43.3. The first-order valence-corrected chi connectivity index (χ1v) is 13.3. The lowest BCUT2D eigenvalue weighted by Gasteiger charge is -2.32. The van der Waals surface area contributed by atoms with Gasteiger partial charge in [0.25, 0.3) is 10.0 Å². The third-order valence-corrected chi connectivity index (χ3v) is 8.01. The van der Waals surface area contributed by atoms with Gasteiger partial charge in [0.1, 0.15) is 18.4 Å². The number of hydrogen-bond acceptors (Lipinski definition) is 4. The summed E-state index contributed by atoms with van der Waals surface area (Å²) in [6.07, 6.45) is 0. The van der Waals surface area contributed by atoms with Crippen molar-refractivity contribution in [3.05, 3.63) is 94.8 Å². The molecule has 0 aromatic heterocycles. The van der Waals surface area contributed by atoms with Crippen LogP contribution in [0.4, 0.5) is 10.1 Å². The summed E-state index contributed by atoms with van der Waals surface area (Å²) in [7, 11) is -2.72. The van der Waals surface area contributed by atoms with Crippen molar-refractivity contribution in [2.24, 2.45) is 0 Å². The number of rotatable bonds is 9. The van der Waals surface area contributed by atoms with E-state index in [0.717, 1.165) is 15.4 Å². The molecule has 0 bridgehead atoms. The number of nitrogens with zero attached hydrogens (tertiary/aromatic N) is 2. The topological polar surface area (TPSA) is 86.8 Å². The number of hydrogen-bond donors (Lipinski definition) is 1. The Morgan fingerprint density at radius 2 is 1.57 bits per heavy atom. The van der Waals surface area contributed by atoms with E-state index in [-0.39, 0.29) is 17.0 Å². The van der Waals surface area contributed by atoms with Gasteiger partial charge in [-0.25, -0.2) is 12.8 Å². The zero-order chi connectivity index (χ0) is 27.3. The van der Waals surface area contributed by atoms with Crippen LogP contribution < -0.4 is 9.62 Å². The molecular formula is C28H32FN3O4S. The van der Waals surface area contributed by atoms with Crippen LogP contribution in [0.1, 0.15) is 29.2 Å². The molecule has 0 unspecified atom stereocenters. The van der Waals surface area contributed by atoms with Gasteiger partial charge in [0.2, 0.25) is 11.8 Å². The number of benzene rings is 3. The highest BCUT2D eigenvalue weighted by Crippen LogP contribution is 2.28. The Labute approximate surface area is 218 Å². The molecule has 0 fully saturated rings. The molecule has 3 aromatic carbocycles. The summed E-state index contributed by atoms with van der Waals surface area (Å²) in [5, 5.41) is 2.51. The van der Waals surface area contributed by atoms with Crippen LogP contribution in [0.3, 0.4) is 0 Å². The molecule has 2 amide bonds. The highest BCUT2D eigenvalue weighted by Gasteiger charge is 2.33. The monoisotopic (exact) mass is 525 g/mol. The van der Waals surface area contributed by atoms with E-state index in [2.05, 4.69) is 5.32 Å². The summed E-state index contributed by atoms with van der Waals surface area (Å²) in [6.45, 7) is 6.19. The Bertz CT molecular complexity index is 1390. The van der Waals surface area contributed by atoms with Gasteiger partial charge in [-0.05, 0) is 63.1 Å². The molecule has 196 valence electrons. The quantitative estimate of drug-likeness (QED) is 0.456. The first kappa shape index (κ1) is 27.9. The third kappa shape index (κ3) is 6.35. The SMILES string of the molecule is CNC(=O)[C@H](C)N(Cc1ccccc1F)C(=O)CN(c1cc(C)ccc1C)S(=O)(=O)c1ccc(C)cc1. The molecule has 0 aliphatic rings. The van der Waals surface area contributed by atoms with Crippen molar-refractivity contribution >= 4 is 27.5 Å². The summed E-state index contributed by atoms with van der Waals surface area (Å²) in [6, 6.07) is 16.7. The van der Waals surface area contributed by atoms with Crippen LogP contribution in [-0.4, -0.2) is 44.8 Å². The minimum atomic E-state index is -4.16. The molecule has 3 aromatic rings. The molecule has 37 heavy (non-hydrogen) atoms. The van der Waals surface area contributed by atoms with Crippen LogP contribution in [-0.2, 0) is 26.2 Å². The predicted molar refractivity (Wildman–Crippen MR) is 142 cm³/mol. The number of aryl methyl sites for hydroxylation is 3. The lowest BCUT2D eigenvalue weighted by atomic mass is 10.1. The van der Waals surface area contributed by atoms with E-state index in [1.807, 2.05) is 19.9 Å². The Balaban J connectivity index is 2.09. The van der Waals surface area contributed by atoms with Crippen molar-refractivity contribution in [1.29, 1.82) is 0 Å². The fourth-order valence-corrected chi connectivity index (χ4v) is 5.41. The normalized spacial score (nSPS) is 12.1. The molecular weight excluding hydrogens is 493 g/mol. The fraction of sp³-hybridized carbons (Fsp3) is 0.286. The lowest BCUT2D eigenvalue weighted by Crippen LogP contribution is -2.51. The second-order valence-electron chi connectivity index (χ2n) is 9.02. The number of sulfonamides is 1. The highest BCUT2D eigenvalue weighted by atomic mass is 32.2. The summed E-state index contributed by atoms with van der Waals surface area (Å²) in [5.41, 5.74) is 2.94. The van der Waals surface area contributed by atoms with Crippen LogP contribution in [0.5, 0.6) is 0 Å². The first-order chi connectivity index (χ1) is 17.4. The smallest absolute Gasteiger partial charge is 0.264 e. The number of carbonyl (C=O) groups is 2. The number of amides is 2. The van der Waals surface area contributed by atoms with E-state index < -0.39 is 40.2 Å². The van der Waals surface area contributed by atoms with Crippen LogP contribution >= 0.6 is 0 Å². The van der Waals surface area contributed by atoms with Crippen molar-refractivity contribution in [2.45, 2.75) is 45.2 Å². The molecule has 0 aliphatic heterocycles. The second-order valence-corrected chi connectivity index (χ2v) is 10.9. The molecule has 9 heteroatoms. The van der Waals surface area contributed by atoms with Gasteiger partial charge in [-0.3, -0.25) is 13.9 Å². The molecule has 7 nitrogen and oxygen atoms in total. The largest absolute Gasteiger partial charge is 0.357 e. The molecule has 3 rings (SSSR count). The molecule has 0 saturated carbocycles. The predicted octanol–water partition coefficient (Wildman–Crippen LogP) is 4.11. The number of anilines is 1. The molecule has 0 spiro atoms. The van der Waals surface area contributed by atoms with Crippen LogP contribution in [0.15, 0.2) is 71.6 Å². The Hall–Kier alpha value is -3.72. The maximum atomic E-state index is 14.5. The maximum Gasteiger partial charge on any atom is 0.264 e. The Kier molecular flexibility index (Phi) is 8.70. The third-order valence-electron chi connectivity index (χ3n) is 6.23. The van der Waals surface area contributed by atoms with Gasteiger partial charge in [0, 0.05) is 19.2 Å². The minimum absolute atomic E-state index is 0.0341. The zero-order valence-electron chi connectivity index (χ0n) is 21.7. The lowest BCUT2D eigenvalue weighted by molar-refractivity contribution is -0.139. The van der Waals surface area contributed by atoms with E-state index in [4.69, 9.17) is 0 Å². The zero-order valence-corrected chi connectivity index (χ0v) is 22.5. The van der Waals surface area contributed by atoms with Crippen molar-refractivity contribution in [1.82, 2.24) is 10.2 Å². The summed E-state index contributed by atoms with van der Waals surface area (Å²) in [5.74, 6) is -1.62. The number of likely N-dealkylation sites (N-methyl/N-ethyl adjacent to an activating group) is 1. The number of nitrogens with one attached hydrogen (secondary N) is 1. The van der Waals surface area contributed by atoms with Gasteiger partial charge in [-0.1, -0.05) is 48.0 Å². The number of halogens is 1. The molecule has 0 heterocycles. The van der Waals surface area contributed by atoms with E-state index in [1.165, 1.54) is 49.2 Å². The van der Waals surface area contributed by atoms with Crippen molar-refractivity contribution < 1.29 is 22.4 Å². The van der Waals surface area contributed by atoms with Crippen LogP contribution in [0.2, 0.25) is 0 Å². The molecule has 1 atom stereocenters. The average Bonchev–Trinajstić information content (AvgIpc) is 2.87. The summed E-state index contributed by atoms with van der Waals surface area (Å²) >= 11 is 0. The van der Waals surface area contributed by atoms with Crippen LogP contribution in [0, 0.1) is 26.6 Å². The molecule has 0 aliphatic carbocycles. The van der Waals surface area contributed by atoms with Gasteiger partial charge in [0.15, 0.2) is 0 Å². The standard InChI is InChI=1S/C28H32FN3O4S/c1-19-11-14-24(15-12-19)37(35,36)32(26-16-20(2)10-13-21(26)3)18-27(33)31(22(4)28(34)30-5)17-23-8-6-7-9-25(23)29/h6-16,22H,17-18H2,1-5H3,(H,30,34)/t22-/m0/s1. The number of carbonyl (C=O) groups excluding carboxylic acids is 2. The minimum Gasteiger partial charge on any atom is -0.357 e.